The number of rotatable bonds is 5. The molecule has 1 spiro atoms. The third-order valence-electron chi connectivity index (χ3n) is 6.15. The van der Waals surface area contributed by atoms with Gasteiger partial charge in [-0.15, -0.1) is 0 Å². The molecule has 3 heterocycles. The van der Waals surface area contributed by atoms with Crippen molar-refractivity contribution < 1.29 is 9.47 Å². The van der Waals surface area contributed by atoms with E-state index in [2.05, 4.69) is 16.2 Å². The van der Waals surface area contributed by atoms with Crippen LogP contribution in [0.1, 0.15) is 50.5 Å². The summed E-state index contributed by atoms with van der Waals surface area (Å²) in [6.45, 7) is 4.99. The molecule has 0 aromatic carbocycles. The largest absolute Gasteiger partial charge is 0.375 e. The SMILES string of the molecule is Cn1cc(CN2CCC3(CC2)C[C@H](OCC2CCCC2)CO3)cn1. The topological polar surface area (TPSA) is 39.5 Å². The Morgan fingerprint density at radius 2 is 2.08 bits per heavy atom. The first-order valence-corrected chi connectivity index (χ1v) is 9.66. The Bertz CT molecular complexity index is 530. The van der Waals surface area contributed by atoms with Crippen LogP contribution in [0.5, 0.6) is 0 Å². The van der Waals surface area contributed by atoms with E-state index in [0.29, 0.717) is 6.10 Å². The van der Waals surface area contributed by atoms with Gasteiger partial charge in [0.25, 0.3) is 0 Å². The summed E-state index contributed by atoms with van der Waals surface area (Å²) in [6.07, 6.45) is 13.3. The molecule has 0 amide bonds. The predicted octanol–water partition coefficient (Wildman–Crippen LogP) is 2.75. The van der Waals surface area contributed by atoms with Crippen molar-refractivity contribution in [3.63, 3.8) is 0 Å². The third kappa shape index (κ3) is 3.84. The monoisotopic (exact) mass is 333 g/mol. The van der Waals surface area contributed by atoms with Gasteiger partial charge in [-0.25, -0.2) is 0 Å². The lowest BCUT2D eigenvalue weighted by molar-refractivity contribution is -0.0469. The summed E-state index contributed by atoms with van der Waals surface area (Å²) in [5.41, 5.74) is 1.39. The summed E-state index contributed by atoms with van der Waals surface area (Å²) in [6, 6.07) is 0. The Morgan fingerprint density at radius 1 is 1.29 bits per heavy atom. The van der Waals surface area contributed by atoms with Crippen molar-refractivity contribution in [2.45, 2.75) is 63.2 Å². The van der Waals surface area contributed by atoms with Gasteiger partial charge in [-0.1, -0.05) is 12.8 Å². The Labute approximate surface area is 145 Å². The molecule has 0 radical (unpaired) electrons. The van der Waals surface area contributed by atoms with Crippen LogP contribution in [0.15, 0.2) is 12.4 Å². The van der Waals surface area contributed by atoms with Crippen LogP contribution in [0.4, 0.5) is 0 Å². The maximum atomic E-state index is 6.24. The van der Waals surface area contributed by atoms with Crippen molar-refractivity contribution in [1.82, 2.24) is 14.7 Å². The summed E-state index contributed by atoms with van der Waals surface area (Å²) in [7, 11) is 1.98. The van der Waals surface area contributed by atoms with Crippen LogP contribution in [0.2, 0.25) is 0 Å². The third-order valence-corrected chi connectivity index (χ3v) is 6.15. The quantitative estimate of drug-likeness (QED) is 0.831. The molecule has 1 atom stereocenters. The van der Waals surface area contributed by atoms with E-state index in [0.717, 1.165) is 58.0 Å². The van der Waals surface area contributed by atoms with E-state index < -0.39 is 0 Å². The molecule has 5 nitrogen and oxygen atoms in total. The van der Waals surface area contributed by atoms with E-state index in [9.17, 15) is 0 Å². The average molecular weight is 333 g/mol. The number of aryl methyl sites for hydroxylation is 1. The number of nitrogens with zero attached hydrogens (tertiary/aromatic N) is 3. The van der Waals surface area contributed by atoms with Crippen molar-refractivity contribution in [3.05, 3.63) is 18.0 Å². The first-order valence-electron chi connectivity index (χ1n) is 9.66. The molecule has 24 heavy (non-hydrogen) atoms. The lowest BCUT2D eigenvalue weighted by Crippen LogP contribution is -2.43. The number of piperidine rings is 1. The van der Waals surface area contributed by atoms with E-state index in [4.69, 9.17) is 9.47 Å². The molecule has 3 fully saturated rings. The van der Waals surface area contributed by atoms with Gasteiger partial charge in [0.2, 0.25) is 0 Å². The van der Waals surface area contributed by atoms with Crippen LogP contribution in [-0.4, -0.2) is 52.7 Å². The van der Waals surface area contributed by atoms with Crippen molar-refractivity contribution in [2.75, 3.05) is 26.3 Å². The number of hydrogen-bond acceptors (Lipinski definition) is 4. The molecular weight excluding hydrogens is 302 g/mol. The molecule has 1 saturated carbocycles. The van der Waals surface area contributed by atoms with Gasteiger partial charge in [-0.3, -0.25) is 9.58 Å². The van der Waals surface area contributed by atoms with E-state index in [-0.39, 0.29) is 5.60 Å². The highest BCUT2D eigenvalue weighted by atomic mass is 16.6. The minimum atomic E-state index is 0.0891. The van der Waals surface area contributed by atoms with Crippen LogP contribution < -0.4 is 0 Å². The lowest BCUT2D eigenvalue weighted by atomic mass is 9.88. The molecule has 1 aliphatic carbocycles. The molecule has 1 aromatic rings. The minimum absolute atomic E-state index is 0.0891. The van der Waals surface area contributed by atoms with Gasteiger partial charge in [0.1, 0.15) is 0 Å². The van der Waals surface area contributed by atoms with Crippen molar-refractivity contribution in [2.24, 2.45) is 13.0 Å². The number of hydrogen-bond donors (Lipinski definition) is 0. The highest BCUT2D eigenvalue weighted by Crippen LogP contribution is 2.38. The van der Waals surface area contributed by atoms with Crippen LogP contribution in [0.25, 0.3) is 0 Å². The van der Waals surface area contributed by atoms with Crippen molar-refractivity contribution >= 4 is 0 Å². The second-order valence-electron chi connectivity index (χ2n) is 8.10. The summed E-state index contributed by atoms with van der Waals surface area (Å²) < 4.78 is 14.3. The zero-order chi connectivity index (χ0) is 16.4. The fraction of sp³-hybridized carbons (Fsp3) is 0.842. The summed E-state index contributed by atoms with van der Waals surface area (Å²) in [4.78, 5) is 2.53. The van der Waals surface area contributed by atoms with Crippen LogP contribution in [0, 0.1) is 5.92 Å². The van der Waals surface area contributed by atoms with Gasteiger partial charge < -0.3 is 9.47 Å². The van der Waals surface area contributed by atoms with Crippen LogP contribution >= 0.6 is 0 Å². The molecule has 2 saturated heterocycles. The second-order valence-corrected chi connectivity index (χ2v) is 8.10. The van der Waals surface area contributed by atoms with Gasteiger partial charge in [0.05, 0.1) is 24.5 Å². The van der Waals surface area contributed by atoms with Crippen LogP contribution in [0.3, 0.4) is 0 Å². The summed E-state index contributed by atoms with van der Waals surface area (Å²) in [5.74, 6) is 0.808. The van der Waals surface area contributed by atoms with E-state index in [1.807, 2.05) is 17.9 Å². The standard InChI is InChI=1S/C19H31N3O2/c1-21-12-17(11-20-21)13-22-8-6-19(7-9-22)10-18(15-24-19)23-14-16-4-2-3-5-16/h11-12,16,18H,2-10,13-15H2,1H3/t18-/m0/s1. The maximum Gasteiger partial charge on any atom is 0.0836 e. The van der Waals surface area contributed by atoms with E-state index >= 15 is 0 Å². The maximum absolute atomic E-state index is 6.24. The fourth-order valence-corrected chi connectivity index (χ4v) is 4.64. The first-order chi connectivity index (χ1) is 11.7. The zero-order valence-electron chi connectivity index (χ0n) is 15.0. The summed E-state index contributed by atoms with van der Waals surface area (Å²) in [5, 5.41) is 4.26. The van der Waals surface area contributed by atoms with E-state index in [1.165, 1.54) is 31.2 Å². The first kappa shape index (κ1) is 16.6. The molecule has 4 rings (SSSR count). The second kappa shape index (κ2) is 7.14. The smallest absolute Gasteiger partial charge is 0.0836 e. The molecule has 134 valence electrons. The minimum Gasteiger partial charge on any atom is -0.375 e. The lowest BCUT2D eigenvalue weighted by Gasteiger charge is -2.38. The number of ether oxygens (including phenoxy) is 2. The molecule has 3 aliphatic rings. The van der Waals surface area contributed by atoms with Crippen molar-refractivity contribution in [3.8, 4) is 0 Å². The Balaban J connectivity index is 1.21. The fourth-order valence-electron chi connectivity index (χ4n) is 4.64. The normalized spacial score (nSPS) is 28.1. The molecule has 1 aromatic heterocycles. The molecule has 2 aliphatic heterocycles. The number of aromatic nitrogens is 2. The molecular formula is C19H31N3O2. The molecule has 0 bridgehead atoms. The van der Waals surface area contributed by atoms with Gasteiger partial charge in [-0.2, -0.15) is 5.10 Å². The Kier molecular flexibility index (Phi) is 4.93. The number of likely N-dealkylation sites (tertiary alicyclic amines) is 1. The molecule has 0 N–H and O–H groups in total. The molecule has 5 heteroatoms. The van der Waals surface area contributed by atoms with Gasteiger partial charge in [0, 0.05) is 51.5 Å². The average Bonchev–Trinajstić information content (AvgIpc) is 3.31. The highest BCUT2D eigenvalue weighted by Gasteiger charge is 2.43. The van der Waals surface area contributed by atoms with Crippen molar-refractivity contribution in [1.29, 1.82) is 0 Å². The van der Waals surface area contributed by atoms with Gasteiger partial charge in [-0.05, 0) is 31.6 Å². The van der Waals surface area contributed by atoms with Gasteiger partial charge in [0.15, 0.2) is 0 Å². The van der Waals surface area contributed by atoms with Gasteiger partial charge >= 0.3 is 0 Å². The Morgan fingerprint density at radius 3 is 2.79 bits per heavy atom. The van der Waals surface area contributed by atoms with Crippen LogP contribution in [-0.2, 0) is 23.1 Å². The summed E-state index contributed by atoms with van der Waals surface area (Å²) >= 11 is 0. The zero-order valence-corrected chi connectivity index (χ0v) is 15.0. The highest BCUT2D eigenvalue weighted by molar-refractivity contribution is 5.04. The predicted molar refractivity (Wildman–Crippen MR) is 92.7 cm³/mol. The molecule has 0 unspecified atom stereocenters. The Hall–Kier alpha value is -0.910. The van der Waals surface area contributed by atoms with E-state index in [1.54, 1.807) is 0 Å².